The number of hydrogen-bond donors (Lipinski definition) is 3. The van der Waals surface area contributed by atoms with E-state index in [4.69, 9.17) is 9.47 Å². The number of sulfone groups is 1. The van der Waals surface area contributed by atoms with Crippen LogP contribution in [0.1, 0.15) is 37.8 Å². The molecule has 1 unspecified atom stereocenters. The van der Waals surface area contributed by atoms with Crippen LogP contribution in [0.4, 0.5) is 0 Å². The average Bonchev–Trinajstić information content (AvgIpc) is 3.60. The van der Waals surface area contributed by atoms with Crippen molar-refractivity contribution < 1.29 is 27.9 Å². The van der Waals surface area contributed by atoms with Crippen LogP contribution in [0.5, 0.6) is 17.2 Å². The van der Waals surface area contributed by atoms with Gasteiger partial charge in [-0.15, -0.1) is 0 Å². The molecule has 1 aromatic heterocycles. The number of benzene rings is 2. The van der Waals surface area contributed by atoms with Crippen molar-refractivity contribution >= 4 is 15.7 Å². The number of likely N-dealkylation sites (tertiary alicyclic amines) is 1. The lowest BCUT2D eigenvalue weighted by Crippen LogP contribution is -2.51. The third kappa shape index (κ3) is 4.89. The van der Waals surface area contributed by atoms with Crippen LogP contribution >= 0.6 is 0 Å². The van der Waals surface area contributed by atoms with Gasteiger partial charge < -0.3 is 14.5 Å². The molecular weight excluding hydrogens is 508 g/mol. The normalized spacial score (nSPS) is 21.3. The first kappa shape index (κ1) is 26.2. The van der Waals surface area contributed by atoms with E-state index in [9.17, 15) is 18.4 Å². The van der Waals surface area contributed by atoms with Gasteiger partial charge in [-0.1, -0.05) is 0 Å². The second-order valence-corrected chi connectivity index (χ2v) is 12.5. The SMILES string of the molecule is COc1ccc(Oc2ccc(S(=O)(=O)C3(C(=O)NO)CCC4(CCN(Cc5cnc[nH]5)CC4)C3)cc2)cc1. The fourth-order valence-electron chi connectivity index (χ4n) is 5.81. The van der Waals surface area contributed by atoms with Crippen LogP contribution in [0.3, 0.4) is 0 Å². The molecule has 3 N–H and O–H groups in total. The highest BCUT2D eigenvalue weighted by molar-refractivity contribution is 7.93. The Morgan fingerprint density at radius 1 is 1.03 bits per heavy atom. The van der Waals surface area contributed by atoms with Crippen LogP contribution in [-0.4, -0.2) is 59.3 Å². The van der Waals surface area contributed by atoms with Gasteiger partial charge in [0.2, 0.25) is 0 Å². The third-order valence-electron chi connectivity index (χ3n) is 8.04. The fourth-order valence-corrected chi connectivity index (χ4v) is 7.92. The van der Waals surface area contributed by atoms with E-state index in [1.54, 1.807) is 61.5 Å². The van der Waals surface area contributed by atoms with E-state index in [0.717, 1.165) is 38.2 Å². The Morgan fingerprint density at radius 2 is 1.66 bits per heavy atom. The van der Waals surface area contributed by atoms with Gasteiger partial charge in [0.05, 0.1) is 18.3 Å². The van der Waals surface area contributed by atoms with Crippen LogP contribution < -0.4 is 15.0 Å². The van der Waals surface area contributed by atoms with Gasteiger partial charge in [0.25, 0.3) is 5.91 Å². The quantitative estimate of drug-likeness (QED) is 0.291. The first-order valence-electron chi connectivity index (χ1n) is 12.6. The number of carbonyl (C=O) groups excluding carboxylic acids is 1. The minimum absolute atomic E-state index is 0.0249. The van der Waals surface area contributed by atoms with Crippen LogP contribution in [0.15, 0.2) is 66.0 Å². The van der Waals surface area contributed by atoms with Crippen molar-refractivity contribution in [1.29, 1.82) is 0 Å². The lowest BCUT2D eigenvalue weighted by molar-refractivity contribution is -0.132. The molecule has 1 aliphatic carbocycles. The zero-order chi connectivity index (χ0) is 26.8. The highest BCUT2D eigenvalue weighted by Gasteiger charge is 2.60. The average molecular weight is 541 g/mol. The molecule has 5 rings (SSSR count). The summed E-state index contributed by atoms with van der Waals surface area (Å²) in [5.41, 5.74) is 2.42. The molecule has 3 aromatic rings. The summed E-state index contributed by atoms with van der Waals surface area (Å²) < 4.78 is 37.1. The second-order valence-electron chi connectivity index (χ2n) is 10.2. The predicted molar refractivity (Wildman–Crippen MR) is 139 cm³/mol. The van der Waals surface area contributed by atoms with Crippen molar-refractivity contribution in [1.82, 2.24) is 20.3 Å². The Hall–Kier alpha value is -3.41. The number of amides is 1. The van der Waals surface area contributed by atoms with Gasteiger partial charge in [0, 0.05) is 18.4 Å². The summed E-state index contributed by atoms with van der Waals surface area (Å²) >= 11 is 0. The van der Waals surface area contributed by atoms with Crippen LogP contribution in [0.25, 0.3) is 0 Å². The first-order chi connectivity index (χ1) is 18.3. The summed E-state index contributed by atoms with van der Waals surface area (Å²) in [6, 6.07) is 13.1. The Kier molecular flexibility index (Phi) is 7.17. The molecule has 1 saturated carbocycles. The first-order valence-corrected chi connectivity index (χ1v) is 14.1. The Labute approximate surface area is 221 Å². The smallest absolute Gasteiger partial charge is 0.265 e. The van der Waals surface area contributed by atoms with E-state index in [1.165, 1.54) is 12.1 Å². The number of hydrogen-bond acceptors (Lipinski definition) is 8. The second kappa shape index (κ2) is 10.4. The molecule has 0 radical (unpaired) electrons. The number of imidazole rings is 1. The molecule has 2 heterocycles. The maximum atomic E-state index is 14.0. The van der Waals surface area contributed by atoms with E-state index in [-0.39, 0.29) is 23.2 Å². The van der Waals surface area contributed by atoms with Gasteiger partial charge in [0.1, 0.15) is 17.2 Å². The number of rotatable bonds is 8. The largest absolute Gasteiger partial charge is 0.497 e. The van der Waals surface area contributed by atoms with Gasteiger partial charge in [-0.05, 0) is 99.1 Å². The molecule has 0 bridgehead atoms. The summed E-state index contributed by atoms with van der Waals surface area (Å²) in [5, 5.41) is 9.58. The van der Waals surface area contributed by atoms with Gasteiger partial charge in [-0.2, -0.15) is 0 Å². The number of nitrogens with one attached hydrogen (secondary N) is 2. The number of hydroxylamine groups is 1. The molecule has 10 nitrogen and oxygen atoms in total. The van der Waals surface area contributed by atoms with Gasteiger partial charge in [-0.25, -0.2) is 18.9 Å². The van der Waals surface area contributed by atoms with Crippen molar-refractivity contribution in [3.05, 3.63) is 66.7 Å². The monoisotopic (exact) mass is 540 g/mol. The number of methoxy groups -OCH3 is 1. The number of carbonyl (C=O) groups is 1. The number of nitrogens with zero attached hydrogens (tertiary/aromatic N) is 2. The van der Waals surface area contributed by atoms with Crippen LogP contribution in [0, 0.1) is 5.41 Å². The summed E-state index contributed by atoms with van der Waals surface area (Å²) in [5.74, 6) is 0.869. The van der Waals surface area contributed by atoms with Gasteiger partial charge >= 0.3 is 0 Å². The molecule has 38 heavy (non-hydrogen) atoms. The Balaban J connectivity index is 1.32. The molecule has 2 aliphatic rings. The Bertz CT molecular complexity index is 1350. The molecule has 2 fully saturated rings. The maximum absolute atomic E-state index is 14.0. The number of aromatic amines is 1. The molecule has 2 aromatic carbocycles. The molecule has 1 atom stereocenters. The van der Waals surface area contributed by atoms with Gasteiger partial charge in [-0.3, -0.25) is 14.9 Å². The number of aromatic nitrogens is 2. The number of H-pyrrole nitrogens is 1. The highest BCUT2D eigenvalue weighted by Crippen LogP contribution is 2.55. The van der Waals surface area contributed by atoms with E-state index in [2.05, 4.69) is 14.9 Å². The minimum atomic E-state index is -4.11. The van der Waals surface area contributed by atoms with Crippen LogP contribution in [0.2, 0.25) is 0 Å². The molecule has 202 valence electrons. The van der Waals surface area contributed by atoms with Gasteiger partial charge in [0.15, 0.2) is 14.6 Å². The molecule has 1 saturated heterocycles. The molecule has 1 amide bonds. The molecule has 11 heteroatoms. The lowest BCUT2D eigenvalue weighted by atomic mass is 9.76. The summed E-state index contributed by atoms with van der Waals surface area (Å²) in [6.45, 7) is 2.35. The number of piperidine rings is 1. The predicted octanol–water partition coefficient (Wildman–Crippen LogP) is 3.69. The topological polar surface area (TPSA) is 134 Å². The van der Waals surface area contributed by atoms with Crippen molar-refractivity contribution in [3.8, 4) is 17.2 Å². The summed E-state index contributed by atoms with van der Waals surface area (Å²) in [7, 11) is -2.53. The zero-order valence-electron chi connectivity index (χ0n) is 21.2. The summed E-state index contributed by atoms with van der Waals surface area (Å²) in [4.78, 5) is 22.5. The summed E-state index contributed by atoms with van der Waals surface area (Å²) in [6.07, 6.45) is 5.97. The van der Waals surface area contributed by atoms with Crippen molar-refractivity contribution in [2.24, 2.45) is 5.41 Å². The molecule has 1 spiro atoms. The fraction of sp³-hybridized carbons (Fsp3) is 0.407. The maximum Gasteiger partial charge on any atom is 0.265 e. The number of ether oxygens (including phenoxy) is 2. The van der Waals surface area contributed by atoms with Crippen LogP contribution in [-0.2, 0) is 21.2 Å². The standard InChI is InChI=1S/C27H32N4O6S/c1-36-21-2-4-22(5-3-21)37-23-6-8-24(9-7-23)38(34,35)27(25(32)30-33)11-10-26(18-27)12-14-31(15-13-26)17-20-16-28-19-29-20/h2-9,16,19,33H,10-15,17-18H2,1H3,(H,28,29)(H,30,32). The zero-order valence-corrected chi connectivity index (χ0v) is 22.0. The third-order valence-corrected chi connectivity index (χ3v) is 10.5. The lowest BCUT2D eigenvalue weighted by Gasteiger charge is -2.40. The Morgan fingerprint density at radius 3 is 2.24 bits per heavy atom. The molecule has 1 aliphatic heterocycles. The highest BCUT2D eigenvalue weighted by atomic mass is 32.2. The van der Waals surface area contributed by atoms with E-state index < -0.39 is 20.5 Å². The minimum Gasteiger partial charge on any atom is -0.497 e. The van der Waals surface area contributed by atoms with Crippen molar-refractivity contribution in [3.63, 3.8) is 0 Å². The van der Waals surface area contributed by atoms with Crippen molar-refractivity contribution in [2.75, 3.05) is 20.2 Å². The van der Waals surface area contributed by atoms with E-state index >= 15 is 0 Å². The van der Waals surface area contributed by atoms with E-state index in [0.29, 0.717) is 23.7 Å². The molecular formula is C27H32N4O6S. The van der Waals surface area contributed by atoms with E-state index in [1.807, 2.05) is 0 Å². The van der Waals surface area contributed by atoms with Crippen molar-refractivity contribution in [2.45, 2.75) is 48.3 Å².